The monoisotopic (exact) mass is 344 g/mol. The van der Waals surface area contributed by atoms with Crippen LogP contribution in [0.25, 0.3) is 0 Å². The fourth-order valence-corrected chi connectivity index (χ4v) is 1.94. The Balaban J connectivity index is 2.69. The molecule has 0 spiro atoms. The fraction of sp³-hybridized carbons (Fsp3) is 0.538. The number of methoxy groups -OCH3 is 1. The Labute approximate surface area is 127 Å². The number of nitrogen functional groups attached to an aromatic ring is 1. The number of halogens is 1. The Bertz CT molecular complexity index is 466. The predicted molar refractivity (Wildman–Crippen MR) is 82.4 cm³/mol. The van der Waals surface area contributed by atoms with Crippen molar-refractivity contribution >= 4 is 27.7 Å². The third kappa shape index (κ3) is 5.07. The van der Waals surface area contributed by atoms with E-state index in [2.05, 4.69) is 45.5 Å². The lowest BCUT2D eigenvalue weighted by atomic mass is 9.89. The van der Waals surface area contributed by atoms with Gasteiger partial charge in [-0.1, -0.05) is 13.8 Å². The van der Waals surface area contributed by atoms with E-state index >= 15 is 0 Å². The van der Waals surface area contributed by atoms with E-state index in [4.69, 9.17) is 10.6 Å². The Morgan fingerprint density at radius 3 is 2.85 bits per heavy atom. The number of nitrogens with zero attached hydrogens (tertiary/aromatic N) is 1. The summed E-state index contributed by atoms with van der Waals surface area (Å²) in [5.41, 5.74) is 2.79. The zero-order valence-electron chi connectivity index (χ0n) is 12.0. The van der Waals surface area contributed by atoms with Crippen molar-refractivity contribution in [2.45, 2.75) is 20.3 Å². The molecule has 112 valence electrons. The van der Waals surface area contributed by atoms with Gasteiger partial charge in [0, 0.05) is 30.9 Å². The molecule has 0 aliphatic heterocycles. The number of anilines is 1. The van der Waals surface area contributed by atoms with E-state index in [1.807, 2.05) is 0 Å². The third-order valence-corrected chi connectivity index (χ3v) is 3.38. The van der Waals surface area contributed by atoms with Gasteiger partial charge in [0.05, 0.1) is 5.56 Å². The van der Waals surface area contributed by atoms with Crippen molar-refractivity contribution < 1.29 is 9.53 Å². The van der Waals surface area contributed by atoms with Crippen LogP contribution in [0.4, 0.5) is 5.82 Å². The number of aromatic nitrogens is 1. The molecule has 0 fully saturated rings. The molecule has 1 heterocycles. The number of carbonyl (C=O) groups excluding carboxylic acids is 1. The van der Waals surface area contributed by atoms with Crippen molar-refractivity contribution in [3.05, 3.63) is 22.3 Å². The molecule has 0 aliphatic carbocycles. The molecule has 6 nitrogen and oxygen atoms in total. The number of carbonyl (C=O) groups is 1. The maximum Gasteiger partial charge on any atom is 0.255 e. The van der Waals surface area contributed by atoms with Crippen molar-refractivity contribution in [2.24, 2.45) is 11.3 Å². The molecule has 4 N–H and O–H groups in total. The highest BCUT2D eigenvalue weighted by molar-refractivity contribution is 9.10. The largest absolute Gasteiger partial charge is 0.385 e. The van der Waals surface area contributed by atoms with Gasteiger partial charge in [0.25, 0.3) is 5.91 Å². The van der Waals surface area contributed by atoms with Gasteiger partial charge >= 0.3 is 0 Å². The van der Waals surface area contributed by atoms with Crippen LogP contribution in [0.2, 0.25) is 0 Å². The zero-order chi connectivity index (χ0) is 15.2. The molecule has 0 atom stereocenters. The van der Waals surface area contributed by atoms with Crippen LogP contribution in [-0.2, 0) is 4.74 Å². The predicted octanol–water partition coefficient (Wildman–Crippen LogP) is 1.92. The van der Waals surface area contributed by atoms with Crippen LogP contribution in [0.1, 0.15) is 30.6 Å². The van der Waals surface area contributed by atoms with Gasteiger partial charge in [-0.3, -0.25) is 4.79 Å². The van der Waals surface area contributed by atoms with Gasteiger partial charge in [-0.05, 0) is 33.8 Å². The minimum Gasteiger partial charge on any atom is -0.385 e. The summed E-state index contributed by atoms with van der Waals surface area (Å²) in [6.45, 7) is 5.36. The fourth-order valence-electron chi connectivity index (χ4n) is 1.61. The van der Waals surface area contributed by atoms with Gasteiger partial charge in [0.1, 0.15) is 0 Å². The van der Waals surface area contributed by atoms with Gasteiger partial charge in [-0.15, -0.1) is 0 Å². The molecular formula is C13H21BrN4O2. The molecule has 0 unspecified atom stereocenters. The van der Waals surface area contributed by atoms with E-state index in [1.54, 1.807) is 19.4 Å². The minimum atomic E-state index is -0.211. The summed E-state index contributed by atoms with van der Waals surface area (Å²) >= 11 is 3.29. The molecule has 1 rings (SSSR count). The van der Waals surface area contributed by atoms with E-state index in [9.17, 15) is 4.79 Å². The first kappa shape index (κ1) is 16.9. The average molecular weight is 345 g/mol. The quantitative estimate of drug-likeness (QED) is 0.519. The Hall–Kier alpha value is -1.18. The smallest absolute Gasteiger partial charge is 0.255 e. The lowest BCUT2D eigenvalue weighted by Gasteiger charge is -2.24. The van der Waals surface area contributed by atoms with Crippen LogP contribution in [0.5, 0.6) is 0 Å². The Morgan fingerprint density at radius 1 is 1.55 bits per heavy atom. The van der Waals surface area contributed by atoms with Crippen LogP contribution < -0.4 is 16.6 Å². The summed E-state index contributed by atoms with van der Waals surface area (Å²) in [7, 11) is 1.67. The highest BCUT2D eigenvalue weighted by Gasteiger charge is 2.20. The number of pyridine rings is 1. The molecule has 0 saturated carbocycles. The molecular weight excluding hydrogens is 324 g/mol. The molecule has 20 heavy (non-hydrogen) atoms. The normalized spacial score (nSPS) is 11.2. The first-order valence-electron chi connectivity index (χ1n) is 6.29. The second kappa shape index (κ2) is 7.56. The van der Waals surface area contributed by atoms with Gasteiger partial charge in [0.2, 0.25) is 0 Å². The van der Waals surface area contributed by atoms with Gasteiger partial charge in [-0.2, -0.15) is 0 Å². The number of hydrogen-bond donors (Lipinski definition) is 3. The lowest BCUT2D eigenvalue weighted by molar-refractivity contribution is 0.0921. The van der Waals surface area contributed by atoms with Crippen molar-refractivity contribution in [3.8, 4) is 0 Å². The first-order valence-corrected chi connectivity index (χ1v) is 7.08. The summed E-state index contributed by atoms with van der Waals surface area (Å²) in [6, 6.07) is 1.68. The highest BCUT2D eigenvalue weighted by Crippen LogP contribution is 2.20. The van der Waals surface area contributed by atoms with Gasteiger partial charge < -0.3 is 15.5 Å². The molecule has 1 aromatic rings. The standard InChI is InChI=1S/C13H21BrN4O2/c1-13(2,4-5-20-3)8-17-12(19)10-6-9(14)7-16-11(10)18-15/h6-7H,4-5,8,15H2,1-3H3,(H,16,18)(H,17,19). The third-order valence-electron chi connectivity index (χ3n) is 2.95. The molecule has 0 aromatic carbocycles. The highest BCUT2D eigenvalue weighted by atomic mass is 79.9. The number of ether oxygens (including phenoxy) is 1. The van der Waals surface area contributed by atoms with Crippen LogP contribution in [0, 0.1) is 5.41 Å². The summed E-state index contributed by atoms with van der Waals surface area (Å²) in [6.07, 6.45) is 2.44. The summed E-state index contributed by atoms with van der Waals surface area (Å²) in [4.78, 5) is 16.2. The number of rotatable bonds is 7. The number of nitrogens with one attached hydrogen (secondary N) is 2. The van der Waals surface area contributed by atoms with E-state index in [-0.39, 0.29) is 11.3 Å². The van der Waals surface area contributed by atoms with Crippen molar-refractivity contribution in [3.63, 3.8) is 0 Å². The molecule has 0 saturated heterocycles. The summed E-state index contributed by atoms with van der Waals surface area (Å²) in [5, 5.41) is 2.90. The SMILES string of the molecule is COCCC(C)(C)CNC(=O)c1cc(Br)cnc1NN. The van der Waals surface area contributed by atoms with Crippen molar-refractivity contribution in [1.82, 2.24) is 10.3 Å². The van der Waals surface area contributed by atoms with Gasteiger partial charge in [0.15, 0.2) is 5.82 Å². The number of nitrogens with two attached hydrogens (primary N) is 1. The van der Waals surface area contributed by atoms with E-state index < -0.39 is 0 Å². The second-order valence-corrected chi connectivity index (χ2v) is 6.20. The maximum atomic E-state index is 12.2. The van der Waals surface area contributed by atoms with E-state index in [1.165, 1.54) is 0 Å². The average Bonchev–Trinajstić information content (AvgIpc) is 2.42. The van der Waals surface area contributed by atoms with Crippen LogP contribution in [0.3, 0.4) is 0 Å². The van der Waals surface area contributed by atoms with E-state index in [0.717, 1.165) is 10.9 Å². The van der Waals surface area contributed by atoms with Crippen molar-refractivity contribution in [2.75, 3.05) is 25.7 Å². The van der Waals surface area contributed by atoms with Crippen molar-refractivity contribution in [1.29, 1.82) is 0 Å². The molecule has 0 aliphatic rings. The van der Waals surface area contributed by atoms with E-state index in [0.29, 0.717) is 24.5 Å². The summed E-state index contributed by atoms with van der Waals surface area (Å²) < 4.78 is 5.79. The lowest BCUT2D eigenvalue weighted by Crippen LogP contribution is -2.35. The van der Waals surface area contributed by atoms with Gasteiger partial charge in [-0.25, -0.2) is 10.8 Å². The topological polar surface area (TPSA) is 89.3 Å². The van der Waals surface area contributed by atoms with Crippen LogP contribution in [-0.4, -0.2) is 31.2 Å². The molecule has 7 heteroatoms. The number of amides is 1. The minimum absolute atomic E-state index is 0.0403. The first-order chi connectivity index (χ1) is 9.39. The molecule has 1 aromatic heterocycles. The number of hydrogen-bond acceptors (Lipinski definition) is 5. The molecule has 1 amide bonds. The van der Waals surface area contributed by atoms with Crippen LogP contribution in [0.15, 0.2) is 16.7 Å². The Kier molecular flexibility index (Phi) is 6.38. The second-order valence-electron chi connectivity index (χ2n) is 5.28. The maximum absolute atomic E-state index is 12.2. The zero-order valence-corrected chi connectivity index (χ0v) is 13.6. The molecule has 0 bridgehead atoms. The number of hydrazine groups is 1. The van der Waals surface area contributed by atoms with Crippen LogP contribution >= 0.6 is 15.9 Å². The molecule has 0 radical (unpaired) electrons. The summed E-state index contributed by atoms with van der Waals surface area (Å²) in [5.74, 6) is 5.50. The Morgan fingerprint density at radius 2 is 2.25 bits per heavy atom.